The van der Waals surface area contributed by atoms with Crippen LogP contribution in [-0.4, -0.2) is 25.2 Å². The molecule has 1 atom stereocenters. The van der Waals surface area contributed by atoms with E-state index in [0.29, 0.717) is 38.6 Å². The summed E-state index contributed by atoms with van der Waals surface area (Å²) in [5.41, 5.74) is 2.53. The van der Waals surface area contributed by atoms with Gasteiger partial charge in [0.05, 0.1) is 25.8 Å². The molecule has 1 aliphatic heterocycles. The molecule has 6 nitrogen and oxygen atoms in total. The van der Waals surface area contributed by atoms with Crippen LogP contribution in [-0.2, 0) is 4.79 Å². The smallest absolute Gasteiger partial charge is 0.255 e. The van der Waals surface area contributed by atoms with Gasteiger partial charge in [0.25, 0.3) is 5.91 Å². The highest BCUT2D eigenvalue weighted by atomic mass is 35.5. The Bertz CT molecular complexity index is 944. The third-order valence-corrected chi connectivity index (χ3v) is 4.83. The lowest BCUT2D eigenvalue weighted by atomic mass is 9.94. The van der Waals surface area contributed by atoms with Gasteiger partial charge in [0.1, 0.15) is 0 Å². The molecule has 0 saturated heterocycles. The first-order valence-corrected chi connectivity index (χ1v) is 9.29. The highest BCUT2D eigenvalue weighted by molar-refractivity contribution is 7.80. The normalized spacial score (nSPS) is 16.1. The molecule has 3 rings (SSSR count). The quantitative estimate of drug-likeness (QED) is 0.643. The van der Waals surface area contributed by atoms with Crippen molar-refractivity contribution >= 4 is 40.5 Å². The van der Waals surface area contributed by atoms with Gasteiger partial charge >= 0.3 is 0 Å². The minimum absolute atomic E-state index is 0.266. The van der Waals surface area contributed by atoms with Crippen LogP contribution >= 0.6 is 23.8 Å². The Morgan fingerprint density at radius 3 is 2.50 bits per heavy atom. The summed E-state index contributed by atoms with van der Waals surface area (Å²) >= 11 is 11.2. The van der Waals surface area contributed by atoms with Gasteiger partial charge in [-0.2, -0.15) is 0 Å². The second-order valence-electron chi connectivity index (χ2n) is 6.11. The van der Waals surface area contributed by atoms with Gasteiger partial charge in [-0.3, -0.25) is 4.79 Å². The molecule has 3 N–H and O–H groups in total. The molecule has 1 heterocycles. The van der Waals surface area contributed by atoms with Gasteiger partial charge in [-0.05, 0) is 49.5 Å². The summed E-state index contributed by atoms with van der Waals surface area (Å²) in [5.74, 6) is 0.843. The average molecular weight is 418 g/mol. The number of methoxy groups -OCH3 is 2. The van der Waals surface area contributed by atoms with E-state index in [-0.39, 0.29) is 5.91 Å². The molecule has 1 unspecified atom stereocenters. The second kappa shape index (κ2) is 8.50. The number of ether oxygens (including phenoxy) is 2. The van der Waals surface area contributed by atoms with Crippen molar-refractivity contribution in [3.05, 3.63) is 64.3 Å². The first-order valence-electron chi connectivity index (χ1n) is 8.50. The van der Waals surface area contributed by atoms with Crippen LogP contribution in [0.2, 0.25) is 5.02 Å². The van der Waals surface area contributed by atoms with E-state index >= 15 is 0 Å². The molecule has 146 valence electrons. The SMILES string of the molecule is COc1cccc(C2NC(=S)NC(C)=C2C(=O)Nc2ccc(Cl)cc2)c1OC. The van der Waals surface area contributed by atoms with Crippen LogP contribution in [0, 0.1) is 0 Å². The highest BCUT2D eigenvalue weighted by Crippen LogP contribution is 2.39. The number of nitrogens with one attached hydrogen (secondary N) is 3. The number of allylic oxidation sites excluding steroid dienone is 1. The highest BCUT2D eigenvalue weighted by Gasteiger charge is 2.32. The largest absolute Gasteiger partial charge is 0.493 e. The Hall–Kier alpha value is -2.77. The molecule has 0 aliphatic carbocycles. The maximum Gasteiger partial charge on any atom is 0.255 e. The van der Waals surface area contributed by atoms with Gasteiger partial charge in [0.2, 0.25) is 0 Å². The van der Waals surface area contributed by atoms with Crippen molar-refractivity contribution in [3.8, 4) is 11.5 Å². The van der Waals surface area contributed by atoms with Gasteiger partial charge in [-0.1, -0.05) is 23.7 Å². The first-order chi connectivity index (χ1) is 13.4. The number of benzene rings is 2. The van der Waals surface area contributed by atoms with Gasteiger partial charge in [0, 0.05) is 22.0 Å². The monoisotopic (exact) mass is 417 g/mol. The summed E-state index contributed by atoms with van der Waals surface area (Å²) in [6.45, 7) is 1.81. The lowest BCUT2D eigenvalue weighted by molar-refractivity contribution is -0.113. The van der Waals surface area contributed by atoms with E-state index in [0.717, 1.165) is 5.56 Å². The number of anilines is 1. The van der Waals surface area contributed by atoms with Crippen LogP contribution in [0.5, 0.6) is 11.5 Å². The topological polar surface area (TPSA) is 71.6 Å². The third-order valence-electron chi connectivity index (χ3n) is 4.36. The lowest BCUT2D eigenvalue weighted by Crippen LogP contribution is -2.45. The molecule has 2 aromatic rings. The van der Waals surface area contributed by atoms with Crippen LogP contribution in [0.4, 0.5) is 5.69 Å². The first kappa shape index (κ1) is 20.0. The van der Waals surface area contributed by atoms with Crippen molar-refractivity contribution in [1.82, 2.24) is 10.6 Å². The summed E-state index contributed by atoms with van der Waals surface area (Å²) in [6, 6.07) is 11.9. The van der Waals surface area contributed by atoms with Crippen molar-refractivity contribution in [3.63, 3.8) is 0 Å². The third kappa shape index (κ3) is 4.05. The Morgan fingerprint density at radius 2 is 1.86 bits per heavy atom. The fraction of sp³-hybridized carbons (Fsp3) is 0.200. The van der Waals surface area contributed by atoms with E-state index in [1.54, 1.807) is 44.6 Å². The molecule has 0 bridgehead atoms. The Morgan fingerprint density at radius 1 is 1.14 bits per heavy atom. The van der Waals surface area contributed by atoms with Crippen LogP contribution < -0.4 is 25.4 Å². The molecule has 0 fully saturated rings. The summed E-state index contributed by atoms with van der Waals surface area (Å²) in [5, 5.41) is 10.1. The summed E-state index contributed by atoms with van der Waals surface area (Å²) in [4.78, 5) is 13.1. The van der Waals surface area contributed by atoms with Crippen LogP contribution in [0.1, 0.15) is 18.5 Å². The predicted molar refractivity (Wildman–Crippen MR) is 114 cm³/mol. The summed E-state index contributed by atoms with van der Waals surface area (Å²) in [7, 11) is 3.13. The fourth-order valence-electron chi connectivity index (χ4n) is 3.10. The number of carbonyl (C=O) groups excluding carboxylic acids is 1. The van der Waals surface area contributed by atoms with E-state index in [4.69, 9.17) is 33.3 Å². The Balaban J connectivity index is 2.02. The van der Waals surface area contributed by atoms with Crippen molar-refractivity contribution in [2.24, 2.45) is 0 Å². The minimum atomic E-state index is -0.508. The van der Waals surface area contributed by atoms with Crippen LogP contribution in [0.3, 0.4) is 0 Å². The zero-order valence-electron chi connectivity index (χ0n) is 15.6. The molecule has 1 aliphatic rings. The number of hydrogen-bond donors (Lipinski definition) is 3. The van der Waals surface area contributed by atoms with E-state index in [9.17, 15) is 4.79 Å². The zero-order valence-corrected chi connectivity index (χ0v) is 17.2. The lowest BCUT2D eigenvalue weighted by Gasteiger charge is -2.31. The van der Waals surface area contributed by atoms with Gasteiger partial charge in [0.15, 0.2) is 16.6 Å². The summed E-state index contributed by atoms with van der Waals surface area (Å²) < 4.78 is 10.9. The molecule has 8 heteroatoms. The molecule has 0 aromatic heterocycles. The zero-order chi connectivity index (χ0) is 20.3. The van der Waals surface area contributed by atoms with Crippen molar-refractivity contribution in [2.75, 3.05) is 19.5 Å². The standard InChI is InChI=1S/C20H20ClN3O3S/c1-11-16(19(25)23-13-9-7-12(21)8-10-13)17(24-20(28)22-11)14-5-4-6-15(26-2)18(14)27-3/h4-10,17H,1-3H3,(H,23,25)(H2,22,24,28). The Labute approximate surface area is 173 Å². The van der Waals surface area contributed by atoms with Crippen molar-refractivity contribution in [2.45, 2.75) is 13.0 Å². The van der Waals surface area contributed by atoms with E-state index < -0.39 is 6.04 Å². The number of thiocarbonyl (C=S) groups is 1. The average Bonchev–Trinajstić information content (AvgIpc) is 2.68. The van der Waals surface area contributed by atoms with E-state index in [1.807, 2.05) is 19.1 Å². The molecular weight excluding hydrogens is 398 g/mol. The molecule has 1 amide bonds. The van der Waals surface area contributed by atoms with Gasteiger partial charge < -0.3 is 25.4 Å². The summed E-state index contributed by atoms with van der Waals surface area (Å²) in [6.07, 6.45) is 0. The number of carbonyl (C=O) groups is 1. The van der Waals surface area contributed by atoms with Gasteiger partial charge in [-0.25, -0.2) is 0 Å². The molecule has 0 spiro atoms. The maximum absolute atomic E-state index is 13.1. The molecule has 28 heavy (non-hydrogen) atoms. The van der Waals surface area contributed by atoms with Crippen molar-refractivity contribution in [1.29, 1.82) is 0 Å². The van der Waals surface area contributed by atoms with Crippen molar-refractivity contribution < 1.29 is 14.3 Å². The molecule has 2 aromatic carbocycles. The van der Waals surface area contributed by atoms with E-state index in [1.165, 1.54) is 0 Å². The van der Waals surface area contributed by atoms with Crippen LogP contribution in [0.25, 0.3) is 0 Å². The van der Waals surface area contributed by atoms with Crippen LogP contribution in [0.15, 0.2) is 53.7 Å². The maximum atomic E-state index is 13.1. The molecule has 0 radical (unpaired) electrons. The molecule has 0 saturated carbocycles. The number of halogens is 1. The predicted octanol–water partition coefficient (Wildman–Crippen LogP) is 3.79. The fourth-order valence-corrected chi connectivity index (χ4v) is 3.50. The Kier molecular flexibility index (Phi) is 6.06. The number of amides is 1. The van der Waals surface area contributed by atoms with Gasteiger partial charge in [-0.15, -0.1) is 0 Å². The number of hydrogen-bond acceptors (Lipinski definition) is 4. The minimum Gasteiger partial charge on any atom is -0.493 e. The molecular formula is C20H20ClN3O3S. The second-order valence-corrected chi connectivity index (χ2v) is 6.96. The number of rotatable bonds is 5. The number of para-hydroxylation sites is 1. The van der Waals surface area contributed by atoms with E-state index in [2.05, 4.69) is 16.0 Å².